The Morgan fingerprint density at radius 1 is 1.69 bits per heavy atom. The molecule has 0 bridgehead atoms. The van der Waals surface area contributed by atoms with Crippen molar-refractivity contribution in [2.75, 3.05) is 13.2 Å². The second kappa shape index (κ2) is 4.93. The van der Waals surface area contributed by atoms with Gasteiger partial charge >= 0.3 is 0 Å². The van der Waals surface area contributed by atoms with Gasteiger partial charge in [-0.2, -0.15) is 0 Å². The molecule has 3 unspecified atom stereocenters. The molecule has 1 aromatic rings. The first kappa shape index (κ1) is 11.5. The zero-order valence-corrected chi connectivity index (χ0v) is 10.2. The fourth-order valence-electron chi connectivity index (χ4n) is 2.46. The Labute approximate surface area is 96.2 Å². The summed E-state index contributed by atoms with van der Waals surface area (Å²) in [6, 6.07) is 0.294. The van der Waals surface area contributed by atoms with Crippen LogP contribution < -0.4 is 5.32 Å². The molecular formula is C11H20N4O. The highest BCUT2D eigenvalue weighted by Crippen LogP contribution is 2.32. The average molecular weight is 224 g/mol. The van der Waals surface area contributed by atoms with Crippen LogP contribution in [0.15, 0.2) is 6.20 Å². The molecular weight excluding hydrogens is 204 g/mol. The molecule has 1 aromatic heterocycles. The Morgan fingerprint density at radius 3 is 3.00 bits per heavy atom. The molecule has 0 amide bonds. The van der Waals surface area contributed by atoms with Gasteiger partial charge in [0.05, 0.1) is 24.0 Å². The molecule has 0 radical (unpaired) electrons. The van der Waals surface area contributed by atoms with Crippen LogP contribution in [0.4, 0.5) is 0 Å². The Kier molecular flexibility index (Phi) is 3.56. The van der Waals surface area contributed by atoms with Crippen LogP contribution in [0.5, 0.6) is 0 Å². The largest absolute Gasteiger partial charge is 0.378 e. The highest BCUT2D eigenvalue weighted by Gasteiger charge is 2.33. The molecule has 2 rings (SSSR count). The Balaban J connectivity index is 2.20. The van der Waals surface area contributed by atoms with Gasteiger partial charge in [-0.1, -0.05) is 12.1 Å². The van der Waals surface area contributed by atoms with Crippen LogP contribution >= 0.6 is 0 Å². The van der Waals surface area contributed by atoms with Gasteiger partial charge < -0.3 is 10.1 Å². The minimum atomic E-state index is 0.294. The number of hydrogen-bond acceptors (Lipinski definition) is 4. The summed E-state index contributed by atoms with van der Waals surface area (Å²) in [5.74, 6) is 0.511. The van der Waals surface area contributed by atoms with E-state index in [0.717, 1.165) is 25.3 Å². The molecule has 0 aliphatic carbocycles. The second-order valence-corrected chi connectivity index (χ2v) is 4.35. The summed E-state index contributed by atoms with van der Waals surface area (Å²) in [6.45, 7) is 6.07. The van der Waals surface area contributed by atoms with Crippen molar-refractivity contribution >= 4 is 0 Å². The first-order chi connectivity index (χ1) is 7.74. The predicted octanol–water partition coefficient (Wildman–Crippen LogP) is 0.891. The van der Waals surface area contributed by atoms with Gasteiger partial charge in [-0.25, -0.2) is 0 Å². The molecule has 1 N–H and O–H groups in total. The molecule has 1 aliphatic heterocycles. The van der Waals surface area contributed by atoms with Crippen molar-refractivity contribution in [1.82, 2.24) is 20.3 Å². The molecule has 0 spiro atoms. The van der Waals surface area contributed by atoms with Crippen molar-refractivity contribution in [3.63, 3.8) is 0 Å². The molecule has 16 heavy (non-hydrogen) atoms. The summed E-state index contributed by atoms with van der Waals surface area (Å²) in [5.41, 5.74) is 1.14. The summed E-state index contributed by atoms with van der Waals surface area (Å²) in [6.07, 6.45) is 3.25. The average Bonchev–Trinajstić information content (AvgIpc) is 2.84. The first-order valence-corrected chi connectivity index (χ1v) is 5.93. The fourth-order valence-corrected chi connectivity index (χ4v) is 2.46. The molecule has 1 fully saturated rings. The van der Waals surface area contributed by atoms with Gasteiger partial charge in [0.15, 0.2) is 0 Å². The fraction of sp³-hybridized carbons (Fsp3) is 0.818. The van der Waals surface area contributed by atoms with E-state index in [1.54, 1.807) is 0 Å². The lowest BCUT2D eigenvalue weighted by atomic mass is 9.91. The molecule has 90 valence electrons. The number of rotatable bonds is 4. The summed E-state index contributed by atoms with van der Waals surface area (Å²) in [7, 11) is 1.94. The van der Waals surface area contributed by atoms with Crippen LogP contribution in [-0.2, 0) is 11.8 Å². The monoisotopic (exact) mass is 224 g/mol. The molecule has 3 atom stereocenters. The number of nitrogens with one attached hydrogen (secondary N) is 1. The molecule has 5 heteroatoms. The molecule has 1 saturated heterocycles. The van der Waals surface area contributed by atoms with Gasteiger partial charge in [0.25, 0.3) is 0 Å². The summed E-state index contributed by atoms with van der Waals surface area (Å²) < 4.78 is 7.49. The highest BCUT2D eigenvalue weighted by molar-refractivity contribution is 5.05. The third-order valence-electron chi connectivity index (χ3n) is 3.36. The van der Waals surface area contributed by atoms with Gasteiger partial charge in [0.2, 0.25) is 0 Å². The standard InChI is InChI=1S/C11H20N4O/c1-4-12-11(9-5-6-16-8(9)2)10-7-13-14-15(10)3/h7-9,11-12H,4-6H2,1-3H3. The van der Waals surface area contributed by atoms with Crippen LogP contribution in [0, 0.1) is 5.92 Å². The van der Waals surface area contributed by atoms with E-state index in [4.69, 9.17) is 4.74 Å². The highest BCUT2D eigenvalue weighted by atomic mass is 16.5. The van der Waals surface area contributed by atoms with Crippen LogP contribution in [0.2, 0.25) is 0 Å². The number of nitrogens with zero attached hydrogens (tertiary/aromatic N) is 3. The van der Waals surface area contributed by atoms with Crippen LogP contribution in [0.25, 0.3) is 0 Å². The van der Waals surface area contributed by atoms with Gasteiger partial charge in [-0.3, -0.25) is 4.68 Å². The van der Waals surface area contributed by atoms with E-state index >= 15 is 0 Å². The van der Waals surface area contributed by atoms with Crippen LogP contribution in [0.1, 0.15) is 32.0 Å². The van der Waals surface area contributed by atoms with Gasteiger partial charge in [0, 0.05) is 19.6 Å². The molecule has 0 saturated carbocycles. The third-order valence-corrected chi connectivity index (χ3v) is 3.36. The van der Waals surface area contributed by atoms with Crippen molar-refractivity contribution in [1.29, 1.82) is 0 Å². The van der Waals surface area contributed by atoms with E-state index in [1.807, 2.05) is 17.9 Å². The topological polar surface area (TPSA) is 52.0 Å². The number of aryl methyl sites for hydroxylation is 1. The second-order valence-electron chi connectivity index (χ2n) is 4.35. The molecule has 5 nitrogen and oxygen atoms in total. The minimum Gasteiger partial charge on any atom is -0.378 e. The lowest BCUT2D eigenvalue weighted by molar-refractivity contribution is 0.0946. The van der Waals surface area contributed by atoms with Crippen LogP contribution in [-0.4, -0.2) is 34.2 Å². The first-order valence-electron chi connectivity index (χ1n) is 5.93. The Bertz CT molecular complexity index is 338. The maximum atomic E-state index is 5.64. The predicted molar refractivity (Wildman–Crippen MR) is 60.9 cm³/mol. The molecule has 0 aromatic carbocycles. The van der Waals surface area contributed by atoms with E-state index in [1.165, 1.54) is 0 Å². The lowest BCUT2D eigenvalue weighted by Crippen LogP contribution is -2.33. The van der Waals surface area contributed by atoms with E-state index < -0.39 is 0 Å². The van der Waals surface area contributed by atoms with Crippen molar-refractivity contribution in [3.05, 3.63) is 11.9 Å². The van der Waals surface area contributed by atoms with Gasteiger partial charge in [0.1, 0.15) is 0 Å². The third kappa shape index (κ3) is 2.10. The van der Waals surface area contributed by atoms with E-state index in [2.05, 4.69) is 29.5 Å². The molecule has 1 aliphatic rings. The van der Waals surface area contributed by atoms with Crippen molar-refractivity contribution in [2.24, 2.45) is 13.0 Å². The van der Waals surface area contributed by atoms with Crippen LogP contribution in [0.3, 0.4) is 0 Å². The van der Waals surface area contributed by atoms with E-state index in [0.29, 0.717) is 18.1 Å². The van der Waals surface area contributed by atoms with Gasteiger partial charge in [-0.15, -0.1) is 5.10 Å². The smallest absolute Gasteiger partial charge is 0.0757 e. The summed E-state index contributed by atoms with van der Waals surface area (Å²) in [5, 5.41) is 11.5. The van der Waals surface area contributed by atoms with Crippen molar-refractivity contribution < 1.29 is 4.74 Å². The number of ether oxygens (including phenoxy) is 1. The zero-order chi connectivity index (χ0) is 11.5. The van der Waals surface area contributed by atoms with Gasteiger partial charge in [-0.05, 0) is 19.9 Å². The normalized spacial score (nSPS) is 27.2. The number of hydrogen-bond donors (Lipinski definition) is 1. The summed E-state index contributed by atoms with van der Waals surface area (Å²) >= 11 is 0. The van der Waals surface area contributed by atoms with Crippen molar-refractivity contribution in [3.8, 4) is 0 Å². The SMILES string of the molecule is CCNC(c1cnnn1C)C1CCOC1C. The zero-order valence-electron chi connectivity index (χ0n) is 10.2. The molecule has 2 heterocycles. The Hall–Kier alpha value is -0.940. The lowest BCUT2D eigenvalue weighted by Gasteiger charge is -2.26. The number of aromatic nitrogens is 3. The summed E-state index contributed by atoms with van der Waals surface area (Å²) in [4.78, 5) is 0. The van der Waals surface area contributed by atoms with E-state index in [9.17, 15) is 0 Å². The quantitative estimate of drug-likeness (QED) is 0.825. The maximum Gasteiger partial charge on any atom is 0.0757 e. The maximum absolute atomic E-state index is 5.64. The Morgan fingerprint density at radius 2 is 2.50 bits per heavy atom. The van der Waals surface area contributed by atoms with E-state index in [-0.39, 0.29) is 0 Å². The minimum absolute atomic E-state index is 0.294. The van der Waals surface area contributed by atoms with Crippen molar-refractivity contribution in [2.45, 2.75) is 32.4 Å².